The van der Waals surface area contributed by atoms with Crippen molar-refractivity contribution in [1.29, 1.82) is 0 Å². The summed E-state index contributed by atoms with van der Waals surface area (Å²) in [6.07, 6.45) is 5.35. The number of aromatic nitrogens is 3. The van der Waals surface area contributed by atoms with Crippen molar-refractivity contribution < 1.29 is 8.42 Å². The van der Waals surface area contributed by atoms with Gasteiger partial charge in [0.15, 0.2) is 5.65 Å². The Morgan fingerprint density at radius 2 is 1.89 bits per heavy atom. The van der Waals surface area contributed by atoms with E-state index in [2.05, 4.69) is 14.7 Å². The van der Waals surface area contributed by atoms with Crippen molar-refractivity contribution in [2.45, 2.75) is 6.42 Å². The molecule has 4 aromatic rings. The number of rotatable bonds is 5. The number of nitrogens with zero attached hydrogens (tertiary/aromatic N) is 3. The number of fused-ring (bicyclic) bond motifs is 1. The van der Waals surface area contributed by atoms with Crippen LogP contribution in [-0.4, -0.2) is 29.0 Å². The van der Waals surface area contributed by atoms with Crippen molar-refractivity contribution in [3.05, 3.63) is 68.9 Å². The third-order valence-electron chi connectivity index (χ3n) is 3.89. The van der Waals surface area contributed by atoms with Gasteiger partial charge in [-0.25, -0.2) is 18.4 Å². The molecule has 0 unspecified atom stereocenters. The highest BCUT2D eigenvalue weighted by Gasteiger charge is 2.11. The van der Waals surface area contributed by atoms with Crippen molar-refractivity contribution in [3.63, 3.8) is 0 Å². The molecule has 0 amide bonds. The Kier molecular flexibility index (Phi) is 5.05. The monoisotopic (exact) mass is 452 g/mol. The lowest BCUT2D eigenvalue weighted by molar-refractivity contribution is 0.607. The van der Waals surface area contributed by atoms with Gasteiger partial charge in [-0.1, -0.05) is 35.3 Å². The maximum absolute atomic E-state index is 11.3. The van der Waals surface area contributed by atoms with Gasteiger partial charge in [0.05, 0.1) is 32.7 Å². The normalized spacial score (nSPS) is 11.8. The largest absolute Gasteiger partial charge is 0.304 e. The highest BCUT2D eigenvalue weighted by Crippen LogP contribution is 2.26. The van der Waals surface area contributed by atoms with E-state index >= 15 is 0 Å². The molecule has 0 fully saturated rings. The average molecular weight is 453 g/mol. The van der Waals surface area contributed by atoms with Crippen LogP contribution < -0.4 is 4.72 Å². The Morgan fingerprint density at radius 1 is 1.14 bits per heavy atom. The van der Waals surface area contributed by atoms with Gasteiger partial charge in [0.25, 0.3) is 0 Å². The van der Waals surface area contributed by atoms with E-state index in [9.17, 15) is 8.42 Å². The molecule has 0 aliphatic heterocycles. The van der Waals surface area contributed by atoms with Gasteiger partial charge in [0, 0.05) is 35.4 Å². The Labute approximate surface area is 175 Å². The first-order valence-electron chi connectivity index (χ1n) is 8.12. The van der Waals surface area contributed by atoms with Gasteiger partial charge in [-0.2, -0.15) is 0 Å². The quantitative estimate of drug-likeness (QED) is 0.474. The van der Waals surface area contributed by atoms with Crippen LogP contribution in [0.15, 0.2) is 48.1 Å². The summed E-state index contributed by atoms with van der Waals surface area (Å²) >= 11 is 13.8. The summed E-state index contributed by atoms with van der Waals surface area (Å²) in [5.74, 6) is 0. The zero-order valence-electron chi connectivity index (χ0n) is 14.6. The fourth-order valence-electron chi connectivity index (χ4n) is 2.76. The van der Waals surface area contributed by atoms with Gasteiger partial charge in [0.1, 0.15) is 0 Å². The molecule has 3 aromatic heterocycles. The summed E-state index contributed by atoms with van der Waals surface area (Å²) in [6, 6.07) is 8.75. The van der Waals surface area contributed by atoms with Gasteiger partial charge in [0.2, 0.25) is 10.0 Å². The van der Waals surface area contributed by atoms with Crippen molar-refractivity contribution in [2.24, 2.45) is 0 Å². The van der Waals surface area contributed by atoms with E-state index in [4.69, 9.17) is 23.2 Å². The van der Waals surface area contributed by atoms with Crippen molar-refractivity contribution in [1.82, 2.24) is 14.4 Å². The molecule has 1 N–H and O–H groups in total. The number of halogens is 2. The lowest BCUT2D eigenvalue weighted by atomic mass is 10.1. The van der Waals surface area contributed by atoms with Crippen LogP contribution in [0.25, 0.3) is 16.9 Å². The van der Waals surface area contributed by atoms with E-state index < -0.39 is 10.0 Å². The molecule has 0 aliphatic rings. The summed E-state index contributed by atoms with van der Waals surface area (Å²) in [7, 11) is -3.29. The standard InChI is InChI=1S/C18H14Cl2N4O2S2/c1-28(25,26)23-13-4-2-11(3-5-13)16-10-27-17(22-16)7-14-9-24-8-12(19)6-15(20)18(24)21-14/h2-6,8-10,23H,7H2,1H3. The molecule has 4 rings (SSSR count). The molecular formula is C18H14Cl2N4O2S2. The van der Waals surface area contributed by atoms with Crippen LogP contribution in [0.5, 0.6) is 0 Å². The Morgan fingerprint density at radius 3 is 2.61 bits per heavy atom. The minimum atomic E-state index is -3.29. The van der Waals surface area contributed by atoms with Crippen molar-refractivity contribution in [2.75, 3.05) is 11.0 Å². The zero-order chi connectivity index (χ0) is 19.9. The van der Waals surface area contributed by atoms with Crippen LogP contribution in [-0.2, 0) is 16.4 Å². The van der Waals surface area contributed by atoms with Crippen molar-refractivity contribution >= 4 is 55.9 Å². The molecule has 6 nitrogen and oxygen atoms in total. The summed E-state index contributed by atoms with van der Waals surface area (Å²) in [5, 5.41) is 3.93. The van der Waals surface area contributed by atoms with Crippen LogP contribution in [0.2, 0.25) is 10.0 Å². The number of pyridine rings is 1. The predicted molar refractivity (Wildman–Crippen MR) is 114 cm³/mol. The SMILES string of the molecule is CS(=O)(=O)Nc1ccc(-c2csc(Cc3cn4cc(Cl)cc(Cl)c4n3)n2)cc1. The van der Waals surface area contributed by atoms with Gasteiger partial charge in [-0.3, -0.25) is 4.72 Å². The Bertz CT molecular complexity index is 1260. The fraction of sp³-hybridized carbons (Fsp3) is 0.111. The lowest BCUT2D eigenvalue weighted by Gasteiger charge is -2.04. The molecule has 0 bridgehead atoms. The zero-order valence-corrected chi connectivity index (χ0v) is 17.7. The molecule has 0 aliphatic carbocycles. The number of nitrogens with one attached hydrogen (secondary N) is 1. The molecule has 0 saturated heterocycles. The second-order valence-corrected chi connectivity index (χ2v) is 9.76. The molecule has 28 heavy (non-hydrogen) atoms. The minimum absolute atomic E-state index is 0.501. The van der Waals surface area contributed by atoms with Crippen LogP contribution in [0, 0.1) is 0 Å². The molecular weight excluding hydrogens is 439 g/mol. The van der Waals surface area contributed by atoms with Crippen LogP contribution in [0.4, 0.5) is 5.69 Å². The van der Waals surface area contributed by atoms with E-state index in [1.165, 1.54) is 11.3 Å². The number of hydrogen-bond donors (Lipinski definition) is 1. The smallest absolute Gasteiger partial charge is 0.229 e. The summed E-state index contributed by atoms with van der Waals surface area (Å²) < 4.78 is 26.8. The van der Waals surface area contributed by atoms with Gasteiger partial charge in [-0.05, 0) is 18.2 Å². The first kappa shape index (κ1) is 19.2. The summed E-state index contributed by atoms with van der Waals surface area (Å²) in [5.41, 5.74) is 3.76. The minimum Gasteiger partial charge on any atom is -0.304 e. The predicted octanol–water partition coefficient (Wildman–Crippen LogP) is 4.73. The molecule has 0 spiro atoms. The number of anilines is 1. The fourth-order valence-corrected chi connectivity index (χ4v) is 4.67. The van der Waals surface area contributed by atoms with E-state index in [0.29, 0.717) is 27.8 Å². The highest BCUT2D eigenvalue weighted by molar-refractivity contribution is 7.92. The molecule has 1 aromatic carbocycles. The third-order valence-corrected chi connectivity index (χ3v) is 5.83. The number of hydrogen-bond acceptors (Lipinski definition) is 5. The van der Waals surface area contributed by atoms with Crippen molar-refractivity contribution in [3.8, 4) is 11.3 Å². The number of thiazole rings is 1. The molecule has 144 valence electrons. The molecule has 0 radical (unpaired) electrons. The van der Waals surface area contributed by atoms with Crippen LogP contribution >= 0.6 is 34.5 Å². The number of sulfonamides is 1. The maximum atomic E-state index is 11.3. The van der Waals surface area contributed by atoms with Gasteiger partial charge in [-0.15, -0.1) is 11.3 Å². The Balaban J connectivity index is 1.54. The molecule has 0 atom stereocenters. The van der Waals surface area contributed by atoms with E-state index in [1.807, 2.05) is 28.1 Å². The highest BCUT2D eigenvalue weighted by atomic mass is 35.5. The molecule has 3 heterocycles. The van der Waals surface area contributed by atoms with E-state index in [0.717, 1.165) is 28.2 Å². The lowest BCUT2D eigenvalue weighted by Crippen LogP contribution is -2.09. The molecule has 0 saturated carbocycles. The second-order valence-electron chi connectivity index (χ2n) is 6.22. The molecule has 10 heteroatoms. The van der Waals surface area contributed by atoms with E-state index in [-0.39, 0.29) is 0 Å². The first-order chi connectivity index (χ1) is 13.3. The van der Waals surface area contributed by atoms with Gasteiger partial charge < -0.3 is 4.40 Å². The summed E-state index contributed by atoms with van der Waals surface area (Å²) in [4.78, 5) is 9.21. The number of imidazole rings is 1. The topological polar surface area (TPSA) is 76.4 Å². The first-order valence-corrected chi connectivity index (χ1v) is 11.6. The second kappa shape index (κ2) is 7.36. The number of benzene rings is 1. The average Bonchev–Trinajstić information content (AvgIpc) is 3.21. The van der Waals surface area contributed by atoms with Gasteiger partial charge >= 0.3 is 0 Å². The van der Waals surface area contributed by atoms with Crippen LogP contribution in [0.1, 0.15) is 10.7 Å². The van der Waals surface area contributed by atoms with E-state index in [1.54, 1.807) is 24.4 Å². The van der Waals surface area contributed by atoms with Crippen LogP contribution in [0.3, 0.4) is 0 Å². The summed E-state index contributed by atoms with van der Waals surface area (Å²) in [6.45, 7) is 0. The Hall–Kier alpha value is -2.13. The third kappa shape index (κ3) is 4.30. The maximum Gasteiger partial charge on any atom is 0.229 e.